The number of halogens is 2. The van der Waals surface area contributed by atoms with Crippen molar-refractivity contribution in [3.05, 3.63) is 69.7 Å². The molecule has 1 amide bonds. The minimum Gasteiger partial charge on any atom is -0.484 e. The van der Waals surface area contributed by atoms with Crippen LogP contribution in [0.1, 0.15) is 22.8 Å². The van der Waals surface area contributed by atoms with Crippen LogP contribution in [0.2, 0.25) is 10.0 Å². The van der Waals surface area contributed by atoms with Crippen molar-refractivity contribution in [2.45, 2.75) is 6.92 Å². The van der Waals surface area contributed by atoms with Crippen LogP contribution in [-0.2, 0) is 4.79 Å². The average molecular weight is 378 g/mol. The van der Waals surface area contributed by atoms with E-state index in [1.807, 2.05) is 6.92 Å². The van der Waals surface area contributed by atoms with E-state index in [9.17, 15) is 9.59 Å². The molecule has 0 fully saturated rings. The highest BCUT2D eigenvalue weighted by molar-refractivity contribution is 6.42. The molecular formula is C19H17Cl2NO3. The Morgan fingerprint density at radius 1 is 1.08 bits per heavy atom. The minimum atomic E-state index is -0.171. The Kier molecular flexibility index (Phi) is 7.04. The molecule has 0 bridgehead atoms. The maximum Gasteiger partial charge on any atom is 0.257 e. The highest BCUT2D eigenvalue weighted by Crippen LogP contribution is 2.23. The van der Waals surface area contributed by atoms with Gasteiger partial charge in [0.25, 0.3) is 5.91 Å². The molecule has 4 nitrogen and oxygen atoms in total. The molecule has 130 valence electrons. The molecule has 0 unspecified atom stereocenters. The number of likely N-dealkylation sites (N-methyl/N-ethyl adjacent to an activating group) is 1. The summed E-state index contributed by atoms with van der Waals surface area (Å²) in [5, 5.41) is 3.40. The number of ether oxygens (including phenoxy) is 1. The second kappa shape index (κ2) is 9.25. The minimum absolute atomic E-state index is 0.0289. The third kappa shape index (κ3) is 5.93. The van der Waals surface area contributed by atoms with E-state index in [-0.39, 0.29) is 18.3 Å². The summed E-state index contributed by atoms with van der Waals surface area (Å²) >= 11 is 11.8. The van der Waals surface area contributed by atoms with Gasteiger partial charge in [0.1, 0.15) is 5.75 Å². The standard InChI is InChI=1S/C19H17Cl2NO3/c1-2-22-19(24)12-25-15-7-3-13(4-8-15)5-10-18(23)14-6-9-16(20)17(21)11-14/h3-11H,2,12H2,1H3,(H,22,24)/b10-5+. The van der Waals surface area contributed by atoms with E-state index in [2.05, 4.69) is 5.32 Å². The molecule has 2 aromatic carbocycles. The first kappa shape index (κ1) is 19.0. The maximum absolute atomic E-state index is 12.1. The van der Waals surface area contributed by atoms with E-state index in [4.69, 9.17) is 27.9 Å². The Hall–Kier alpha value is -2.30. The number of ketones is 1. The zero-order valence-electron chi connectivity index (χ0n) is 13.6. The van der Waals surface area contributed by atoms with Gasteiger partial charge < -0.3 is 10.1 Å². The van der Waals surface area contributed by atoms with Gasteiger partial charge in [0, 0.05) is 12.1 Å². The largest absolute Gasteiger partial charge is 0.484 e. The lowest BCUT2D eigenvalue weighted by molar-refractivity contribution is -0.122. The molecule has 2 rings (SSSR count). The van der Waals surface area contributed by atoms with Crippen molar-refractivity contribution >= 4 is 41.0 Å². The van der Waals surface area contributed by atoms with E-state index in [1.54, 1.807) is 42.5 Å². The van der Waals surface area contributed by atoms with Crippen LogP contribution in [0.25, 0.3) is 6.08 Å². The van der Waals surface area contributed by atoms with Gasteiger partial charge in [-0.15, -0.1) is 0 Å². The molecule has 0 radical (unpaired) electrons. The summed E-state index contributed by atoms with van der Waals surface area (Å²) in [5.74, 6) is 0.244. The van der Waals surface area contributed by atoms with Gasteiger partial charge in [0.15, 0.2) is 12.4 Å². The van der Waals surface area contributed by atoms with E-state index >= 15 is 0 Å². The third-order valence-electron chi connectivity index (χ3n) is 3.26. The highest BCUT2D eigenvalue weighted by atomic mass is 35.5. The molecule has 0 spiro atoms. The molecule has 0 heterocycles. The molecule has 0 aliphatic heterocycles. The lowest BCUT2D eigenvalue weighted by Crippen LogP contribution is -2.28. The number of allylic oxidation sites excluding steroid dienone is 1. The Morgan fingerprint density at radius 2 is 1.80 bits per heavy atom. The summed E-state index contributed by atoms with van der Waals surface area (Å²) in [5.41, 5.74) is 1.30. The number of amides is 1. The van der Waals surface area contributed by atoms with E-state index < -0.39 is 0 Å². The van der Waals surface area contributed by atoms with Gasteiger partial charge >= 0.3 is 0 Å². The van der Waals surface area contributed by atoms with Crippen molar-refractivity contribution < 1.29 is 14.3 Å². The van der Waals surface area contributed by atoms with E-state index in [0.29, 0.717) is 27.9 Å². The fourth-order valence-corrected chi connectivity index (χ4v) is 2.29. The number of hydrogen-bond acceptors (Lipinski definition) is 3. The van der Waals surface area contributed by atoms with Crippen LogP contribution in [-0.4, -0.2) is 24.8 Å². The van der Waals surface area contributed by atoms with E-state index in [0.717, 1.165) is 5.56 Å². The van der Waals surface area contributed by atoms with Gasteiger partial charge in [-0.05, 0) is 48.9 Å². The van der Waals surface area contributed by atoms with Crippen molar-refractivity contribution in [2.75, 3.05) is 13.2 Å². The Labute approximate surface area is 156 Å². The first-order valence-electron chi connectivity index (χ1n) is 7.66. The molecule has 0 atom stereocenters. The van der Waals surface area contributed by atoms with Crippen LogP contribution in [0, 0.1) is 0 Å². The molecule has 0 saturated heterocycles. The zero-order chi connectivity index (χ0) is 18.2. The molecular weight excluding hydrogens is 361 g/mol. The SMILES string of the molecule is CCNC(=O)COc1ccc(/C=C/C(=O)c2ccc(Cl)c(Cl)c2)cc1. The van der Waals surface area contributed by atoms with Gasteiger partial charge in [-0.25, -0.2) is 0 Å². The van der Waals surface area contributed by atoms with Crippen molar-refractivity contribution in [1.82, 2.24) is 5.32 Å². The third-order valence-corrected chi connectivity index (χ3v) is 3.99. The van der Waals surface area contributed by atoms with Crippen LogP contribution < -0.4 is 10.1 Å². The molecule has 0 aromatic heterocycles. The number of rotatable bonds is 7. The van der Waals surface area contributed by atoms with Gasteiger partial charge in [0.05, 0.1) is 10.0 Å². The summed E-state index contributed by atoms with van der Waals surface area (Å²) in [7, 11) is 0. The Bertz CT molecular complexity index is 786. The van der Waals surface area contributed by atoms with E-state index in [1.165, 1.54) is 12.1 Å². The number of carbonyl (C=O) groups is 2. The second-order valence-electron chi connectivity index (χ2n) is 5.14. The van der Waals surface area contributed by atoms with Gasteiger partial charge in [-0.2, -0.15) is 0 Å². The molecule has 0 aliphatic carbocycles. The van der Waals surface area contributed by atoms with Crippen LogP contribution in [0.5, 0.6) is 5.75 Å². The lowest BCUT2D eigenvalue weighted by Gasteiger charge is -2.06. The number of benzene rings is 2. The number of nitrogens with one attached hydrogen (secondary N) is 1. The topological polar surface area (TPSA) is 55.4 Å². The molecule has 0 saturated carbocycles. The molecule has 6 heteroatoms. The molecule has 25 heavy (non-hydrogen) atoms. The first-order chi connectivity index (χ1) is 12.0. The van der Waals surface area contributed by atoms with Crippen LogP contribution in [0.15, 0.2) is 48.5 Å². The monoisotopic (exact) mass is 377 g/mol. The molecule has 2 aromatic rings. The molecule has 0 aliphatic rings. The van der Waals surface area contributed by atoms with Crippen molar-refractivity contribution in [3.8, 4) is 5.75 Å². The predicted octanol–water partition coefficient (Wildman–Crippen LogP) is 4.40. The van der Waals surface area contributed by atoms with Gasteiger partial charge in [-0.3, -0.25) is 9.59 Å². The van der Waals surface area contributed by atoms with Crippen LogP contribution in [0.4, 0.5) is 0 Å². The normalized spacial score (nSPS) is 10.7. The van der Waals surface area contributed by atoms with Gasteiger partial charge in [-0.1, -0.05) is 41.4 Å². The summed E-state index contributed by atoms with van der Waals surface area (Å²) in [4.78, 5) is 23.5. The van der Waals surface area contributed by atoms with Crippen molar-refractivity contribution in [3.63, 3.8) is 0 Å². The highest BCUT2D eigenvalue weighted by Gasteiger charge is 2.05. The fourth-order valence-electron chi connectivity index (χ4n) is 1.99. The Balaban J connectivity index is 1.95. The summed E-state index contributed by atoms with van der Waals surface area (Å²) < 4.78 is 5.36. The number of carbonyl (C=O) groups excluding carboxylic acids is 2. The summed E-state index contributed by atoms with van der Waals surface area (Å²) in [6.07, 6.45) is 3.16. The fraction of sp³-hybridized carbons (Fsp3) is 0.158. The lowest BCUT2D eigenvalue weighted by atomic mass is 10.1. The number of hydrogen-bond donors (Lipinski definition) is 1. The predicted molar refractivity (Wildman–Crippen MR) is 100 cm³/mol. The second-order valence-corrected chi connectivity index (χ2v) is 5.95. The quantitative estimate of drug-likeness (QED) is 0.574. The van der Waals surface area contributed by atoms with Crippen LogP contribution in [0.3, 0.4) is 0 Å². The van der Waals surface area contributed by atoms with Crippen molar-refractivity contribution in [2.24, 2.45) is 0 Å². The van der Waals surface area contributed by atoms with Crippen LogP contribution >= 0.6 is 23.2 Å². The van der Waals surface area contributed by atoms with Gasteiger partial charge in [0.2, 0.25) is 0 Å². The zero-order valence-corrected chi connectivity index (χ0v) is 15.1. The average Bonchev–Trinajstić information content (AvgIpc) is 2.61. The van der Waals surface area contributed by atoms with Crippen molar-refractivity contribution in [1.29, 1.82) is 0 Å². The Morgan fingerprint density at radius 3 is 2.44 bits per heavy atom. The summed E-state index contributed by atoms with van der Waals surface area (Å²) in [6, 6.07) is 11.8. The molecule has 1 N–H and O–H groups in total. The maximum atomic E-state index is 12.1. The first-order valence-corrected chi connectivity index (χ1v) is 8.42. The summed E-state index contributed by atoms with van der Waals surface area (Å²) in [6.45, 7) is 2.38. The smallest absolute Gasteiger partial charge is 0.257 e.